The standard InChI is InChI=1S/C17H18F2N4O/c18-15-3-4-16(19)14-10-22(6-5-13(14)15)17(24)21-12-7-20-23(9-12)8-11-1-2-11/h3-4,7,9,11H,1-2,5-6,8,10H2,(H,21,24). The Morgan fingerprint density at radius 3 is 2.75 bits per heavy atom. The Morgan fingerprint density at radius 1 is 1.25 bits per heavy atom. The number of halogens is 2. The van der Waals surface area contributed by atoms with Gasteiger partial charge in [0.05, 0.1) is 18.4 Å². The Kier molecular flexibility index (Phi) is 3.70. The van der Waals surface area contributed by atoms with Gasteiger partial charge in [-0.05, 0) is 42.9 Å². The minimum absolute atomic E-state index is 0.0704. The van der Waals surface area contributed by atoms with Gasteiger partial charge in [-0.3, -0.25) is 4.68 Å². The monoisotopic (exact) mass is 332 g/mol. The Hall–Kier alpha value is -2.44. The van der Waals surface area contributed by atoms with Crippen LogP contribution in [0.25, 0.3) is 0 Å². The number of hydrogen-bond donors (Lipinski definition) is 1. The number of aromatic nitrogens is 2. The fraction of sp³-hybridized carbons (Fsp3) is 0.412. The minimum Gasteiger partial charge on any atom is -0.320 e. The van der Waals surface area contributed by atoms with Gasteiger partial charge in [0.2, 0.25) is 0 Å². The summed E-state index contributed by atoms with van der Waals surface area (Å²) >= 11 is 0. The van der Waals surface area contributed by atoms with Crippen LogP contribution in [-0.2, 0) is 19.5 Å². The Balaban J connectivity index is 1.43. The third-order valence-corrected chi connectivity index (χ3v) is 4.61. The molecule has 0 spiro atoms. The summed E-state index contributed by atoms with van der Waals surface area (Å²) in [7, 11) is 0. The van der Waals surface area contributed by atoms with Crippen LogP contribution in [0.15, 0.2) is 24.5 Å². The summed E-state index contributed by atoms with van der Waals surface area (Å²) in [5.74, 6) is -0.182. The number of amides is 2. The molecule has 5 nitrogen and oxygen atoms in total. The zero-order valence-corrected chi connectivity index (χ0v) is 13.1. The van der Waals surface area contributed by atoms with Crippen molar-refractivity contribution in [2.75, 3.05) is 11.9 Å². The highest BCUT2D eigenvalue weighted by molar-refractivity contribution is 5.89. The molecule has 0 radical (unpaired) electrons. The molecule has 2 heterocycles. The fourth-order valence-corrected chi connectivity index (χ4v) is 3.06. The molecule has 0 saturated heterocycles. The maximum atomic E-state index is 13.9. The molecule has 1 saturated carbocycles. The summed E-state index contributed by atoms with van der Waals surface area (Å²) in [6.45, 7) is 1.30. The highest BCUT2D eigenvalue weighted by Gasteiger charge is 2.26. The van der Waals surface area contributed by atoms with E-state index in [1.54, 1.807) is 12.4 Å². The van der Waals surface area contributed by atoms with Crippen LogP contribution in [0.3, 0.4) is 0 Å². The number of benzene rings is 1. The summed E-state index contributed by atoms with van der Waals surface area (Å²) < 4.78 is 29.5. The van der Waals surface area contributed by atoms with Crippen molar-refractivity contribution in [3.63, 3.8) is 0 Å². The van der Waals surface area contributed by atoms with Gasteiger partial charge in [0.15, 0.2) is 0 Å². The average molecular weight is 332 g/mol. The number of carbonyl (C=O) groups excluding carboxylic acids is 1. The second-order valence-corrected chi connectivity index (χ2v) is 6.48. The topological polar surface area (TPSA) is 50.2 Å². The van der Waals surface area contributed by atoms with E-state index in [-0.39, 0.29) is 18.1 Å². The number of carbonyl (C=O) groups is 1. The van der Waals surface area contributed by atoms with Crippen LogP contribution in [0.4, 0.5) is 19.3 Å². The molecule has 1 aliphatic carbocycles. The lowest BCUT2D eigenvalue weighted by atomic mass is 9.99. The van der Waals surface area contributed by atoms with Crippen molar-refractivity contribution in [3.8, 4) is 0 Å². The maximum absolute atomic E-state index is 13.9. The summed E-state index contributed by atoms with van der Waals surface area (Å²) in [5.41, 5.74) is 1.25. The van der Waals surface area contributed by atoms with Crippen LogP contribution in [0.1, 0.15) is 24.0 Å². The van der Waals surface area contributed by atoms with Gasteiger partial charge in [0.25, 0.3) is 0 Å². The summed E-state index contributed by atoms with van der Waals surface area (Å²) in [4.78, 5) is 13.9. The molecule has 1 aliphatic heterocycles. The zero-order valence-electron chi connectivity index (χ0n) is 13.1. The molecule has 4 rings (SSSR count). The highest BCUT2D eigenvalue weighted by atomic mass is 19.1. The molecule has 126 valence electrons. The average Bonchev–Trinajstić information content (AvgIpc) is 3.29. The lowest BCUT2D eigenvalue weighted by Crippen LogP contribution is -2.39. The third kappa shape index (κ3) is 2.98. The van der Waals surface area contributed by atoms with Gasteiger partial charge >= 0.3 is 6.03 Å². The smallest absolute Gasteiger partial charge is 0.320 e. The first kappa shape index (κ1) is 15.1. The third-order valence-electron chi connectivity index (χ3n) is 4.61. The van der Waals surface area contributed by atoms with E-state index >= 15 is 0 Å². The van der Waals surface area contributed by atoms with Gasteiger partial charge in [-0.15, -0.1) is 0 Å². The van der Waals surface area contributed by atoms with Crippen molar-refractivity contribution in [3.05, 3.63) is 47.3 Å². The van der Waals surface area contributed by atoms with Crippen molar-refractivity contribution in [2.24, 2.45) is 5.92 Å². The van der Waals surface area contributed by atoms with E-state index in [2.05, 4.69) is 10.4 Å². The van der Waals surface area contributed by atoms with Crippen LogP contribution in [0, 0.1) is 17.6 Å². The molecule has 0 atom stereocenters. The van der Waals surface area contributed by atoms with Gasteiger partial charge < -0.3 is 10.2 Å². The number of rotatable bonds is 3. The van der Waals surface area contributed by atoms with Crippen LogP contribution >= 0.6 is 0 Å². The number of urea groups is 1. The molecule has 2 aliphatic rings. The second-order valence-electron chi connectivity index (χ2n) is 6.48. The summed E-state index contributed by atoms with van der Waals surface area (Å²) in [5, 5.41) is 7.01. The fourth-order valence-electron chi connectivity index (χ4n) is 3.06. The van der Waals surface area contributed by atoms with Crippen molar-refractivity contribution in [2.45, 2.75) is 32.4 Å². The van der Waals surface area contributed by atoms with E-state index < -0.39 is 11.6 Å². The van der Waals surface area contributed by atoms with Crippen molar-refractivity contribution in [1.82, 2.24) is 14.7 Å². The van der Waals surface area contributed by atoms with Crippen LogP contribution in [0.2, 0.25) is 0 Å². The largest absolute Gasteiger partial charge is 0.322 e. The lowest BCUT2D eigenvalue weighted by molar-refractivity contribution is 0.204. The predicted molar refractivity (Wildman–Crippen MR) is 84.4 cm³/mol. The van der Waals surface area contributed by atoms with Crippen molar-refractivity contribution < 1.29 is 13.6 Å². The van der Waals surface area contributed by atoms with Crippen LogP contribution < -0.4 is 5.32 Å². The molecule has 2 amide bonds. The van der Waals surface area contributed by atoms with E-state index in [1.165, 1.54) is 17.7 Å². The minimum atomic E-state index is -0.471. The van der Waals surface area contributed by atoms with Gasteiger partial charge in [-0.2, -0.15) is 5.10 Å². The Bertz CT molecular complexity index is 785. The lowest BCUT2D eigenvalue weighted by Gasteiger charge is -2.29. The van der Waals surface area contributed by atoms with Gasteiger partial charge in [-0.1, -0.05) is 0 Å². The van der Waals surface area contributed by atoms with Crippen LogP contribution in [0.5, 0.6) is 0 Å². The first-order valence-electron chi connectivity index (χ1n) is 8.14. The number of hydrogen-bond acceptors (Lipinski definition) is 2. The van der Waals surface area contributed by atoms with Gasteiger partial charge in [0.1, 0.15) is 11.6 Å². The van der Waals surface area contributed by atoms with Crippen molar-refractivity contribution in [1.29, 1.82) is 0 Å². The van der Waals surface area contributed by atoms with E-state index in [0.29, 0.717) is 30.1 Å². The van der Waals surface area contributed by atoms with Crippen molar-refractivity contribution >= 4 is 11.7 Å². The van der Waals surface area contributed by atoms with Crippen LogP contribution in [-0.4, -0.2) is 27.3 Å². The molecule has 1 aromatic carbocycles. The number of anilines is 1. The number of fused-ring (bicyclic) bond motifs is 1. The molecule has 1 aromatic heterocycles. The van der Waals surface area contributed by atoms with E-state index in [9.17, 15) is 13.6 Å². The summed E-state index contributed by atoms with van der Waals surface area (Å²) in [6.07, 6.45) is 6.19. The summed E-state index contributed by atoms with van der Waals surface area (Å²) in [6, 6.07) is 1.92. The molecule has 1 N–H and O–H groups in total. The highest BCUT2D eigenvalue weighted by Crippen LogP contribution is 2.30. The first-order valence-corrected chi connectivity index (χ1v) is 8.14. The Labute approximate surface area is 138 Å². The Morgan fingerprint density at radius 2 is 2.00 bits per heavy atom. The zero-order chi connectivity index (χ0) is 16.7. The SMILES string of the molecule is O=C(Nc1cnn(CC2CC2)c1)N1CCc2c(F)ccc(F)c2C1. The number of nitrogens with one attached hydrogen (secondary N) is 1. The molecule has 7 heteroatoms. The van der Waals surface area contributed by atoms with Gasteiger partial charge in [-0.25, -0.2) is 13.6 Å². The molecular formula is C17H18F2N4O. The molecular weight excluding hydrogens is 314 g/mol. The second kappa shape index (κ2) is 5.89. The van der Waals surface area contributed by atoms with Gasteiger partial charge in [0, 0.05) is 24.8 Å². The molecule has 24 heavy (non-hydrogen) atoms. The molecule has 0 bridgehead atoms. The van der Waals surface area contributed by atoms with E-state index in [4.69, 9.17) is 0 Å². The van der Waals surface area contributed by atoms with E-state index in [1.807, 2.05) is 4.68 Å². The van der Waals surface area contributed by atoms with E-state index in [0.717, 1.165) is 18.7 Å². The molecule has 2 aromatic rings. The number of nitrogens with zero attached hydrogens (tertiary/aromatic N) is 3. The first-order chi connectivity index (χ1) is 11.6. The normalized spacial score (nSPS) is 16.8. The molecule has 1 fully saturated rings. The maximum Gasteiger partial charge on any atom is 0.322 e. The predicted octanol–water partition coefficient (Wildman–Crippen LogP) is 3.16. The quantitative estimate of drug-likeness (QED) is 0.939. The molecule has 0 unspecified atom stereocenters.